The second-order valence-electron chi connectivity index (χ2n) is 4.64. The van der Waals surface area contributed by atoms with Gasteiger partial charge in [-0.05, 0) is 18.9 Å². The summed E-state index contributed by atoms with van der Waals surface area (Å²) in [6, 6.07) is 0.362. The van der Waals surface area contributed by atoms with Crippen molar-refractivity contribution in [3.63, 3.8) is 0 Å². The molecular weight excluding hydrogens is 270 g/mol. The molecule has 0 spiro atoms. The topological polar surface area (TPSA) is 75.5 Å². The zero-order chi connectivity index (χ0) is 15.7. The lowest BCUT2D eigenvalue weighted by molar-refractivity contribution is -0.131. The van der Waals surface area contributed by atoms with E-state index in [4.69, 9.17) is 9.84 Å². The number of hydrogen-bond acceptors (Lipinski definition) is 5. The SMILES string of the molecule is CCC(CC)N(CCOC)c1ncc(/C=C/C(=O)O)cn1. The van der Waals surface area contributed by atoms with Gasteiger partial charge in [0, 0.05) is 43.7 Å². The van der Waals surface area contributed by atoms with Crippen LogP contribution in [-0.4, -0.2) is 47.3 Å². The largest absolute Gasteiger partial charge is 0.478 e. The first-order valence-electron chi connectivity index (χ1n) is 7.11. The molecule has 1 heterocycles. The van der Waals surface area contributed by atoms with E-state index >= 15 is 0 Å². The normalized spacial score (nSPS) is 11.2. The third-order valence-corrected chi connectivity index (χ3v) is 3.25. The van der Waals surface area contributed by atoms with Crippen LogP contribution in [0.1, 0.15) is 32.3 Å². The number of anilines is 1. The Morgan fingerprint density at radius 1 is 1.38 bits per heavy atom. The zero-order valence-electron chi connectivity index (χ0n) is 12.8. The lowest BCUT2D eigenvalue weighted by atomic mass is 10.1. The fraction of sp³-hybridized carbons (Fsp3) is 0.533. The zero-order valence-corrected chi connectivity index (χ0v) is 12.8. The van der Waals surface area contributed by atoms with Crippen LogP contribution < -0.4 is 4.90 Å². The van der Waals surface area contributed by atoms with E-state index in [1.54, 1.807) is 19.5 Å². The van der Waals surface area contributed by atoms with Crippen LogP contribution in [0.25, 0.3) is 6.08 Å². The highest BCUT2D eigenvalue weighted by Crippen LogP contribution is 2.16. The summed E-state index contributed by atoms with van der Waals surface area (Å²) in [5.74, 6) is -0.342. The van der Waals surface area contributed by atoms with Gasteiger partial charge in [0.2, 0.25) is 5.95 Å². The Kier molecular flexibility index (Phi) is 7.39. The fourth-order valence-corrected chi connectivity index (χ4v) is 2.10. The van der Waals surface area contributed by atoms with E-state index < -0.39 is 5.97 Å². The summed E-state index contributed by atoms with van der Waals surface area (Å²) in [7, 11) is 1.67. The van der Waals surface area contributed by atoms with Gasteiger partial charge in [-0.3, -0.25) is 0 Å². The Labute approximate surface area is 125 Å². The number of methoxy groups -OCH3 is 1. The van der Waals surface area contributed by atoms with Gasteiger partial charge in [-0.1, -0.05) is 13.8 Å². The average molecular weight is 293 g/mol. The van der Waals surface area contributed by atoms with Crippen molar-refractivity contribution in [2.75, 3.05) is 25.2 Å². The van der Waals surface area contributed by atoms with E-state index in [2.05, 4.69) is 28.7 Å². The predicted octanol–water partition coefficient (Wildman–Crippen LogP) is 2.22. The molecule has 1 rings (SSSR count). The van der Waals surface area contributed by atoms with E-state index in [0.29, 0.717) is 24.2 Å². The molecular formula is C15H23N3O3. The van der Waals surface area contributed by atoms with Gasteiger partial charge in [-0.2, -0.15) is 0 Å². The van der Waals surface area contributed by atoms with Crippen LogP contribution in [0, 0.1) is 0 Å². The van der Waals surface area contributed by atoms with E-state index in [0.717, 1.165) is 25.5 Å². The summed E-state index contributed by atoms with van der Waals surface area (Å²) in [5.41, 5.74) is 0.664. The molecule has 0 aromatic carbocycles. The summed E-state index contributed by atoms with van der Waals surface area (Å²) < 4.78 is 5.15. The average Bonchev–Trinajstić information content (AvgIpc) is 2.50. The highest BCUT2D eigenvalue weighted by Gasteiger charge is 2.17. The third kappa shape index (κ3) is 5.51. The predicted molar refractivity (Wildman–Crippen MR) is 82.3 cm³/mol. The molecule has 0 unspecified atom stereocenters. The number of rotatable bonds is 9. The summed E-state index contributed by atoms with van der Waals surface area (Å²) in [4.78, 5) is 21.3. The van der Waals surface area contributed by atoms with Crippen molar-refractivity contribution in [1.82, 2.24) is 9.97 Å². The van der Waals surface area contributed by atoms with Gasteiger partial charge in [-0.15, -0.1) is 0 Å². The van der Waals surface area contributed by atoms with Crippen LogP contribution in [0.5, 0.6) is 0 Å². The molecule has 0 atom stereocenters. The van der Waals surface area contributed by atoms with Crippen molar-refractivity contribution < 1.29 is 14.6 Å². The van der Waals surface area contributed by atoms with E-state index in [1.165, 1.54) is 6.08 Å². The third-order valence-electron chi connectivity index (χ3n) is 3.25. The van der Waals surface area contributed by atoms with Crippen LogP contribution in [-0.2, 0) is 9.53 Å². The van der Waals surface area contributed by atoms with Gasteiger partial charge in [0.1, 0.15) is 0 Å². The number of carbonyl (C=O) groups is 1. The molecule has 0 fully saturated rings. The monoisotopic (exact) mass is 293 g/mol. The maximum absolute atomic E-state index is 10.5. The van der Waals surface area contributed by atoms with Crippen molar-refractivity contribution in [2.24, 2.45) is 0 Å². The molecule has 0 bridgehead atoms. The van der Waals surface area contributed by atoms with Crippen LogP contribution in [0.15, 0.2) is 18.5 Å². The Morgan fingerprint density at radius 3 is 2.48 bits per heavy atom. The smallest absolute Gasteiger partial charge is 0.328 e. The highest BCUT2D eigenvalue weighted by molar-refractivity contribution is 5.85. The number of hydrogen-bond donors (Lipinski definition) is 1. The number of carboxylic acids is 1. The maximum Gasteiger partial charge on any atom is 0.328 e. The van der Waals surface area contributed by atoms with Gasteiger partial charge < -0.3 is 14.7 Å². The number of ether oxygens (including phenoxy) is 1. The Hall–Kier alpha value is -1.95. The standard InChI is InChI=1S/C15H23N3O3/c1-4-13(5-2)18(8-9-21-3)15-16-10-12(11-17-15)6-7-14(19)20/h6-7,10-11,13H,4-5,8-9H2,1-3H3,(H,19,20)/b7-6+. The molecule has 1 aromatic heterocycles. The van der Waals surface area contributed by atoms with E-state index in [-0.39, 0.29) is 0 Å². The molecule has 6 heteroatoms. The van der Waals surface area contributed by atoms with Crippen LogP contribution in [0.3, 0.4) is 0 Å². The fourth-order valence-electron chi connectivity index (χ4n) is 2.10. The lowest BCUT2D eigenvalue weighted by Gasteiger charge is -2.30. The Bertz CT molecular complexity index is 456. The van der Waals surface area contributed by atoms with Crippen molar-refractivity contribution in [2.45, 2.75) is 32.7 Å². The highest BCUT2D eigenvalue weighted by atomic mass is 16.5. The van der Waals surface area contributed by atoms with Crippen molar-refractivity contribution >= 4 is 18.0 Å². The molecule has 6 nitrogen and oxygen atoms in total. The molecule has 0 amide bonds. The van der Waals surface area contributed by atoms with Gasteiger partial charge in [-0.25, -0.2) is 14.8 Å². The molecule has 0 radical (unpaired) electrons. The minimum atomic E-state index is -0.988. The molecule has 116 valence electrons. The van der Waals surface area contributed by atoms with Gasteiger partial charge in [0.25, 0.3) is 0 Å². The van der Waals surface area contributed by atoms with Gasteiger partial charge in [0.05, 0.1) is 6.61 Å². The molecule has 1 aromatic rings. The lowest BCUT2D eigenvalue weighted by Crippen LogP contribution is -2.38. The quantitative estimate of drug-likeness (QED) is 0.704. The number of aromatic nitrogens is 2. The molecule has 0 aliphatic heterocycles. The minimum absolute atomic E-state index is 0.362. The van der Waals surface area contributed by atoms with Crippen LogP contribution in [0.2, 0.25) is 0 Å². The van der Waals surface area contributed by atoms with Crippen molar-refractivity contribution in [1.29, 1.82) is 0 Å². The molecule has 0 aliphatic carbocycles. The van der Waals surface area contributed by atoms with Crippen molar-refractivity contribution in [3.8, 4) is 0 Å². The summed E-state index contributed by atoms with van der Waals surface area (Å²) in [6.45, 7) is 5.61. The van der Waals surface area contributed by atoms with E-state index in [9.17, 15) is 4.79 Å². The second-order valence-corrected chi connectivity index (χ2v) is 4.64. The van der Waals surface area contributed by atoms with Crippen LogP contribution >= 0.6 is 0 Å². The summed E-state index contributed by atoms with van der Waals surface area (Å²) in [6.07, 6.45) is 7.81. The number of nitrogens with zero attached hydrogens (tertiary/aromatic N) is 3. The van der Waals surface area contributed by atoms with E-state index in [1.807, 2.05) is 0 Å². The molecule has 1 N–H and O–H groups in total. The first-order chi connectivity index (χ1) is 10.1. The first-order valence-corrected chi connectivity index (χ1v) is 7.11. The molecule has 0 saturated carbocycles. The molecule has 0 aliphatic rings. The summed E-state index contributed by atoms with van der Waals surface area (Å²) in [5, 5.41) is 8.60. The second kappa shape index (κ2) is 9.07. The number of carboxylic acid groups (broad SMARTS) is 1. The van der Waals surface area contributed by atoms with Gasteiger partial charge >= 0.3 is 5.97 Å². The molecule has 21 heavy (non-hydrogen) atoms. The van der Waals surface area contributed by atoms with Crippen molar-refractivity contribution in [3.05, 3.63) is 24.0 Å². The summed E-state index contributed by atoms with van der Waals surface area (Å²) >= 11 is 0. The maximum atomic E-state index is 10.5. The Balaban J connectivity index is 2.89. The minimum Gasteiger partial charge on any atom is -0.478 e. The Morgan fingerprint density at radius 2 is 2.00 bits per heavy atom. The first kappa shape index (κ1) is 17.1. The van der Waals surface area contributed by atoms with Crippen LogP contribution in [0.4, 0.5) is 5.95 Å². The van der Waals surface area contributed by atoms with Gasteiger partial charge in [0.15, 0.2) is 0 Å². The number of aliphatic carboxylic acids is 1. The molecule has 0 saturated heterocycles.